The van der Waals surface area contributed by atoms with Crippen LogP contribution < -0.4 is 15.5 Å². The average molecular weight is 417 g/mol. The second-order valence-electron chi connectivity index (χ2n) is 7.50. The molecule has 0 radical (unpaired) electrons. The van der Waals surface area contributed by atoms with Crippen LogP contribution in [0.5, 0.6) is 0 Å². The smallest absolute Gasteiger partial charge is 0.255 e. The molecule has 3 rings (SSSR count). The van der Waals surface area contributed by atoms with Crippen LogP contribution in [0.4, 0.5) is 11.4 Å². The fourth-order valence-corrected chi connectivity index (χ4v) is 3.40. The lowest BCUT2D eigenvalue weighted by atomic mass is 10.1. The van der Waals surface area contributed by atoms with E-state index in [1.165, 1.54) is 0 Å². The highest BCUT2D eigenvalue weighted by atomic mass is 16.2. The van der Waals surface area contributed by atoms with Gasteiger partial charge in [-0.15, -0.1) is 0 Å². The van der Waals surface area contributed by atoms with Gasteiger partial charge in [-0.05, 0) is 74.9 Å². The second kappa shape index (κ2) is 10.4. The van der Waals surface area contributed by atoms with Crippen molar-refractivity contribution in [2.24, 2.45) is 0 Å². The largest absolute Gasteiger partial charge is 0.369 e. The predicted octanol–water partition coefficient (Wildman–Crippen LogP) is 4.50. The SMILES string of the molecule is CCN(c1ccc(C(=O)NCc2cccc(NC(=O)c3ccncc3)c2)cc1)C(C)C. The maximum Gasteiger partial charge on any atom is 0.255 e. The van der Waals surface area contributed by atoms with Crippen LogP contribution in [-0.4, -0.2) is 29.4 Å². The summed E-state index contributed by atoms with van der Waals surface area (Å²) in [4.78, 5) is 31.0. The number of anilines is 2. The van der Waals surface area contributed by atoms with Crippen molar-refractivity contribution in [3.8, 4) is 0 Å². The Balaban J connectivity index is 1.59. The van der Waals surface area contributed by atoms with Crippen molar-refractivity contribution in [2.75, 3.05) is 16.8 Å². The second-order valence-corrected chi connectivity index (χ2v) is 7.50. The highest BCUT2D eigenvalue weighted by molar-refractivity contribution is 6.04. The first-order chi connectivity index (χ1) is 15.0. The zero-order valence-electron chi connectivity index (χ0n) is 18.1. The highest BCUT2D eigenvalue weighted by Crippen LogP contribution is 2.18. The van der Waals surface area contributed by atoms with Gasteiger partial charge in [-0.1, -0.05) is 12.1 Å². The molecule has 0 bridgehead atoms. The van der Waals surface area contributed by atoms with E-state index in [0.29, 0.717) is 29.4 Å². The molecule has 0 spiro atoms. The van der Waals surface area contributed by atoms with Gasteiger partial charge in [0.25, 0.3) is 11.8 Å². The third kappa shape index (κ3) is 5.92. The molecule has 1 heterocycles. The Morgan fingerprint density at radius 1 is 0.935 bits per heavy atom. The van der Waals surface area contributed by atoms with E-state index < -0.39 is 0 Å². The van der Waals surface area contributed by atoms with E-state index in [9.17, 15) is 9.59 Å². The Hall–Kier alpha value is -3.67. The predicted molar refractivity (Wildman–Crippen MR) is 124 cm³/mol. The van der Waals surface area contributed by atoms with Crippen LogP contribution in [0.2, 0.25) is 0 Å². The molecule has 0 saturated heterocycles. The Morgan fingerprint density at radius 3 is 2.26 bits per heavy atom. The van der Waals surface area contributed by atoms with Crippen LogP contribution >= 0.6 is 0 Å². The van der Waals surface area contributed by atoms with Gasteiger partial charge >= 0.3 is 0 Å². The lowest BCUT2D eigenvalue weighted by Crippen LogP contribution is -2.30. The van der Waals surface area contributed by atoms with Gasteiger partial charge in [0.05, 0.1) is 0 Å². The minimum atomic E-state index is -0.203. The fourth-order valence-electron chi connectivity index (χ4n) is 3.40. The molecule has 6 nitrogen and oxygen atoms in total. The van der Waals surface area contributed by atoms with E-state index in [4.69, 9.17) is 0 Å². The van der Waals surface area contributed by atoms with Crippen molar-refractivity contribution in [1.82, 2.24) is 10.3 Å². The van der Waals surface area contributed by atoms with Crippen molar-refractivity contribution < 1.29 is 9.59 Å². The zero-order chi connectivity index (χ0) is 22.2. The van der Waals surface area contributed by atoms with Crippen molar-refractivity contribution in [3.63, 3.8) is 0 Å². The van der Waals surface area contributed by atoms with Gasteiger partial charge < -0.3 is 15.5 Å². The summed E-state index contributed by atoms with van der Waals surface area (Å²) in [6.07, 6.45) is 3.16. The third-order valence-corrected chi connectivity index (χ3v) is 5.01. The Morgan fingerprint density at radius 2 is 1.61 bits per heavy atom. The van der Waals surface area contributed by atoms with Crippen LogP contribution in [0.15, 0.2) is 73.1 Å². The molecule has 0 saturated carbocycles. The summed E-state index contributed by atoms with van der Waals surface area (Å²) in [6.45, 7) is 7.70. The Labute approximate surface area is 183 Å². The molecule has 2 aromatic carbocycles. The quantitative estimate of drug-likeness (QED) is 0.567. The summed E-state index contributed by atoms with van der Waals surface area (Å²) in [5.41, 5.74) is 3.83. The summed E-state index contributed by atoms with van der Waals surface area (Å²) < 4.78 is 0. The molecule has 0 fully saturated rings. The number of amides is 2. The molecular weight excluding hydrogens is 388 g/mol. The highest BCUT2D eigenvalue weighted by Gasteiger charge is 2.11. The molecule has 0 aliphatic rings. The van der Waals surface area contributed by atoms with Gasteiger partial charge in [0.2, 0.25) is 0 Å². The van der Waals surface area contributed by atoms with E-state index in [-0.39, 0.29) is 11.8 Å². The van der Waals surface area contributed by atoms with Crippen LogP contribution in [0.1, 0.15) is 47.1 Å². The van der Waals surface area contributed by atoms with Crippen LogP contribution in [-0.2, 0) is 6.54 Å². The van der Waals surface area contributed by atoms with Gasteiger partial charge in [-0.3, -0.25) is 14.6 Å². The number of nitrogens with zero attached hydrogens (tertiary/aromatic N) is 2. The van der Waals surface area contributed by atoms with Crippen LogP contribution in [0.3, 0.4) is 0 Å². The van der Waals surface area contributed by atoms with E-state index in [2.05, 4.69) is 41.3 Å². The number of nitrogens with one attached hydrogen (secondary N) is 2. The van der Waals surface area contributed by atoms with Crippen molar-refractivity contribution >= 4 is 23.2 Å². The minimum absolute atomic E-state index is 0.134. The van der Waals surface area contributed by atoms with Crippen LogP contribution in [0.25, 0.3) is 0 Å². The van der Waals surface area contributed by atoms with Crippen molar-refractivity contribution in [1.29, 1.82) is 0 Å². The first kappa shape index (κ1) is 22.0. The van der Waals surface area contributed by atoms with Gasteiger partial charge in [0.1, 0.15) is 0 Å². The average Bonchev–Trinajstić information content (AvgIpc) is 2.79. The fraction of sp³-hybridized carbons (Fsp3) is 0.240. The third-order valence-electron chi connectivity index (χ3n) is 5.01. The van der Waals surface area contributed by atoms with E-state index in [0.717, 1.165) is 17.8 Å². The number of carbonyl (C=O) groups is 2. The summed E-state index contributed by atoms with van der Waals surface area (Å²) in [7, 11) is 0. The molecule has 3 aromatic rings. The first-order valence-corrected chi connectivity index (χ1v) is 10.4. The van der Waals surface area contributed by atoms with Gasteiger partial charge in [-0.25, -0.2) is 0 Å². The molecule has 0 aliphatic carbocycles. The Bertz CT molecular complexity index is 1020. The molecule has 0 aliphatic heterocycles. The number of hydrogen-bond acceptors (Lipinski definition) is 4. The van der Waals surface area contributed by atoms with Crippen LogP contribution in [0, 0.1) is 0 Å². The normalized spacial score (nSPS) is 10.6. The maximum atomic E-state index is 12.5. The minimum Gasteiger partial charge on any atom is -0.369 e. The molecule has 160 valence electrons. The maximum absolute atomic E-state index is 12.5. The zero-order valence-corrected chi connectivity index (χ0v) is 18.1. The number of benzene rings is 2. The van der Waals surface area contributed by atoms with Gasteiger partial charge in [0, 0.05) is 54.0 Å². The first-order valence-electron chi connectivity index (χ1n) is 10.4. The molecule has 31 heavy (non-hydrogen) atoms. The number of pyridine rings is 1. The summed E-state index contributed by atoms with van der Waals surface area (Å²) >= 11 is 0. The molecule has 0 atom stereocenters. The number of rotatable bonds is 8. The van der Waals surface area contributed by atoms with E-state index in [1.807, 2.05) is 48.5 Å². The standard InChI is InChI=1S/C25H28N4O2/c1-4-29(18(2)3)23-10-8-20(9-11-23)24(30)27-17-19-6-5-7-22(16-19)28-25(31)21-12-14-26-15-13-21/h5-16,18H,4,17H2,1-3H3,(H,27,30)(H,28,31). The number of carbonyl (C=O) groups excluding carboxylic acids is 2. The number of aromatic nitrogens is 1. The lowest BCUT2D eigenvalue weighted by molar-refractivity contribution is 0.0950. The summed E-state index contributed by atoms with van der Waals surface area (Å²) in [6, 6.07) is 18.8. The van der Waals surface area contributed by atoms with Crippen molar-refractivity contribution in [3.05, 3.63) is 89.7 Å². The molecule has 6 heteroatoms. The molecule has 2 amide bonds. The molecule has 1 aromatic heterocycles. The summed E-state index contributed by atoms with van der Waals surface area (Å²) in [5, 5.41) is 5.80. The Kier molecular flexibility index (Phi) is 7.38. The topological polar surface area (TPSA) is 74.3 Å². The van der Waals surface area contributed by atoms with E-state index in [1.54, 1.807) is 24.5 Å². The number of hydrogen-bond donors (Lipinski definition) is 2. The molecule has 0 unspecified atom stereocenters. The van der Waals surface area contributed by atoms with E-state index >= 15 is 0 Å². The van der Waals surface area contributed by atoms with Crippen molar-refractivity contribution in [2.45, 2.75) is 33.4 Å². The lowest BCUT2D eigenvalue weighted by Gasteiger charge is -2.27. The monoisotopic (exact) mass is 416 g/mol. The molecular formula is C25H28N4O2. The summed E-state index contributed by atoms with van der Waals surface area (Å²) in [5.74, 6) is -0.337. The molecule has 2 N–H and O–H groups in total. The van der Waals surface area contributed by atoms with Gasteiger partial charge in [-0.2, -0.15) is 0 Å². The van der Waals surface area contributed by atoms with Gasteiger partial charge in [0.15, 0.2) is 0 Å².